The summed E-state index contributed by atoms with van der Waals surface area (Å²) in [5.41, 5.74) is 0.148. The van der Waals surface area contributed by atoms with Crippen molar-refractivity contribution in [1.29, 1.82) is 0 Å². The number of phenolic OH excluding ortho intramolecular Hbond substituents is 1. The highest BCUT2D eigenvalue weighted by Gasteiger charge is 2.16. The predicted molar refractivity (Wildman–Crippen MR) is 54.3 cm³/mol. The zero-order valence-corrected chi connectivity index (χ0v) is 9.29. The average Bonchev–Trinajstić information content (AvgIpc) is 2.21. The van der Waals surface area contributed by atoms with Gasteiger partial charge in [0.1, 0.15) is 10.2 Å². The van der Waals surface area contributed by atoms with Crippen molar-refractivity contribution in [3.8, 4) is 17.2 Å². The van der Waals surface area contributed by atoms with E-state index < -0.39 is 0 Å². The van der Waals surface area contributed by atoms with Crippen molar-refractivity contribution in [2.24, 2.45) is 0 Å². The lowest BCUT2D eigenvalue weighted by Gasteiger charge is -2.11. The molecule has 14 heavy (non-hydrogen) atoms. The second-order valence-corrected chi connectivity index (χ2v) is 3.27. The third-order valence-corrected chi connectivity index (χ3v) is 2.48. The first-order chi connectivity index (χ1) is 6.65. The number of aromatic hydroxyl groups is 1. The molecule has 0 spiro atoms. The highest BCUT2D eigenvalue weighted by molar-refractivity contribution is 9.10. The van der Waals surface area contributed by atoms with Crippen LogP contribution in [0.5, 0.6) is 17.2 Å². The number of methoxy groups -OCH3 is 2. The van der Waals surface area contributed by atoms with Crippen molar-refractivity contribution < 1.29 is 19.4 Å². The third-order valence-electron chi connectivity index (χ3n) is 1.74. The quantitative estimate of drug-likeness (QED) is 0.845. The van der Waals surface area contributed by atoms with Crippen molar-refractivity contribution >= 4 is 22.2 Å². The minimum atomic E-state index is -0.155. The maximum atomic E-state index is 10.6. The van der Waals surface area contributed by atoms with Gasteiger partial charge < -0.3 is 14.6 Å². The van der Waals surface area contributed by atoms with Crippen LogP contribution >= 0.6 is 15.9 Å². The van der Waals surface area contributed by atoms with E-state index in [0.717, 1.165) is 0 Å². The summed E-state index contributed by atoms with van der Waals surface area (Å²) in [7, 11) is 2.90. The van der Waals surface area contributed by atoms with Gasteiger partial charge in [0.2, 0.25) is 0 Å². The number of aldehydes is 1. The van der Waals surface area contributed by atoms with Gasteiger partial charge in [0, 0.05) is 0 Å². The molecule has 0 aliphatic heterocycles. The molecule has 0 aromatic heterocycles. The van der Waals surface area contributed by atoms with E-state index in [4.69, 9.17) is 9.47 Å². The topological polar surface area (TPSA) is 55.8 Å². The molecule has 4 nitrogen and oxygen atoms in total. The van der Waals surface area contributed by atoms with Crippen molar-refractivity contribution in [2.75, 3.05) is 14.2 Å². The predicted octanol–water partition coefficient (Wildman–Crippen LogP) is 1.98. The summed E-state index contributed by atoms with van der Waals surface area (Å²) < 4.78 is 10.3. The van der Waals surface area contributed by atoms with Crippen LogP contribution in [0.1, 0.15) is 10.4 Å². The van der Waals surface area contributed by atoms with Crippen LogP contribution in [0, 0.1) is 0 Å². The minimum Gasteiger partial charge on any atom is -0.506 e. The summed E-state index contributed by atoms with van der Waals surface area (Å²) >= 11 is 3.11. The number of benzene rings is 1. The number of ether oxygens (including phenoxy) is 2. The van der Waals surface area contributed by atoms with Crippen LogP contribution in [0.15, 0.2) is 10.5 Å². The Balaban J connectivity index is 3.45. The number of carbonyl (C=O) groups excluding carboxylic acids is 1. The molecule has 0 unspecified atom stereocenters. The van der Waals surface area contributed by atoms with Gasteiger partial charge in [-0.2, -0.15) is 0 Å². The monoisotopic (exact) mass is 260 g/mol. The fourth-order valence-electron chi connectivity index (χ4n) is 1.05. The fraction of sp³-hybridized carbons (Fsp3) is 0.222. The largest absolute Gasteiger partial charge is 0.506 e. The molecule has 0 heterocycles. The van der Waals surface area contributed by atoms with Crippen molar-refractivity contribution in [2.45, 2.75) is 0 Å². The molecule has 0 radical (unpaired) electrons. The molecule has 0 aliphatic rings. The summed E-state index contributed by atoms with van der Waals surface area (Å²) in [5.74, 6) is 0.590. The van der Waals surface area contributed by atoms with Crippen molar-refractivity contribution in [3.63, 3.8) is 0 Å². The Bertz CT molecular complexity index is 362. The standard InChI is InChI=1S/C9H9BrO4/c1-13-6-3-5(4-11)8(12)7(10)9(6)14-2/h3-4,12H,1-2H3. The number of hydrogen-bond donors (Lipinski definition) is 1. The Labute approximate surface area is 89.6 Å². The van der Waals surface area contributed by atoms with E-state index in [9.17, 15) is 9.90 Å². The summed E-state index contributed by atoms with van der Waals surface area (Å²) in [6.07, 6.45) is 0.544. The minimum absolute atomic E-state index is 0.148. The summed E-state index contributed by atoms with van der Waals surface area (Å²) in [4.78, 5) is 10.6. The van der Waals surface area contributed by atoms with Crippen LogP contribution in [0.2, 0.25) is 0 Å². The Kier molecular flexibility index (Phi) is 3.35. The molecule has 0 atom stereocenters. The van der Waals surface area contributed by atoms with Gasteiger partial charge in [-0.1, -0.05) is 0 Å². The molecular formula is C9H9BrO4. The Hall–Kier alpha value is -1.23. The van der Waals surface area contributed by atoms with Gasteiger partial charge >= 0.3 is 0 Å². The first-order valence-corrected chi connectivity index (χ1v) is 4.53. The first-order valence-electron chi connectivity index (χ1n) is 3.74. The number of carbonyl (C=O) groups is 1. The van der Waals surface area contributed by atoms with Crippen LogP contribution in [0.25, 0.3) is 0 Å². The summed E-state index contributed by atoms with van der Waals surface area (Å²) in [6.45, 7) is 0. The lowest BCUT2D eigenvalue weighted by molar-refractivity contribution is 0.112. The average molecular weight is 261 g/mol. The molecule has 76 valence electrons. The van der Waals surface area contributed by atoms with Crippen molar-refractivity contribution in [3.05, 3.63) is 16.1 Å². The molecule has 1 N–H and O–H groups in total. The van der Waals surface area contributed by atoms with Gasteiger partial charge in [-0.15, -0.1) is 0 Å². The zero-order chi connectivity index (χ0) is 10.7. The Morgan fingerprint density at radius 3 is 2.50 bits per heavy atom. The van der Waals surface area contributed by atoms with Crippen LogP contribution in [0.3, 0.4) is 0 Å². The maximum Gasteiger partial charge on any atom is 0.178 e. The third kappa shape index (κ3) is 1.68. The highest BCUT2D eigenvalue weighted by Crippen LogP contribution is 2.42. The Morgan fingerprint density at radius 2 is 2.07 bits per heavy atom. The number of halogens is 1. The molecule has 1 rings (SSSR count). The van der Waals surface area contributed by atoms with E-state index in [-0.39, 0.29) is 11.3 Å². The SMILES string of the molecule is COc1cc(C=O)c(O)c(Br)c1OC. The molecule has 0 amide bonds. The van der Waals surface area contributed by atoms with Gasteiger partial charge in [0.25, 0.3) is 0 Å². The molecular weight excluding hydrogens is 252 g/mol. The van der Waals surface area contributed by atoms with E-state index >= 15 is 0 Å². The van der Waals surface area contributed by atoms with Crippen LogP contribution < -0.4 is 9.47 Å². The van der Waals surface area contributed by atoms with E-state index in [2.05, 4.69) is 15.9 Å². The number of phenols is 1. The van der Waals surface area contributed by atoms with E-state index in [1.54, 1.807) is 0 Å². The van der Waals surface area contributed by atoms with Crippen molar-refractivity contribution in [1.82, 2.24) is 0 Å². The van der Waals surface area contributed by atoms with E-state index in [1.165, 1.54) is 20.3 Å². The zero-order valence-electron chi connectivity index (χ0n) is 7.70. The fourth-order valence-corrected chi connectivity index (χ4v) is 1.64. The van der Waals surface area contributed by atoms with Gasteiger partial charge in [-0.05, 0) is 22.0 Å². The molecule has 0 saturated heterocycles. The highest BCUT2D eigenvalue weighted by atomic mass is 79.9. The van der Waals surface area contributed by atoms with Crippen LogP contribution in [0.4, 0.5) is 0 Å². The summed E-state index contributed by atoms with van der Waals surface area (Å²) in [6, 6.07) is 1.41. The van der Waals surface area contributed by atoms with Gasteiger partial charge in [0.15, 0.2) is 17.8 Å². The van der Waals surface area contributed by atoms with Crippen LogP contribution in [-0.4, -0.2) is 25.6 Å². The lowest BCUT2D eigenvalue weighted by Crippen LogP contribution is -1.94. The molecule has 0 fully saturated rings. The summed E-state index contributed by atoms with van der Waals surface area (Å²) in [5, 5.41) is 9.52. The molecule has 1 aromatic rings. The van der Waals surface area contributed by atoms with Gasteiger partial charge in [0.05, 0.1) is 19.8 Å². The number of hydrogen-bond acceptors (Lipinski definition) is 4. The van der Waals surface area contributed by atoms with Crippen LogP contribution in [-0.2, 0) is 0 Å². The van der Waals surface area contributed by atoms with Gasteiger partial charge in [-0.3, -0.25) is 4.79 Å². The van der Waals surface area contributed by atoms with E-state index in [0.29, 0.717) is 22.3 Å². The molecule has 0 bridgehead atoms. The second kappa shape index (κ2) is 4.32. The second-order valence-electron chi connectivity index (χ2n) is 2.48. The lowest BCUT2D eigenvalue weighted by atomic mass is 10.2. The maximum absolute atomic E-state index is 10.6. The molecule has 5 heteroatoms. The molecule has 0 aliphatic carbocycles. The first kappa shape index (κ1) is 10.8. The number of rotatable bonds is 3. The molecule has 1 aromatic carbocycles. The smallest absolute Gasteiger partial charge is 0.178 e. The normalized spacial score (nSPS) is 9.64. The van der Waals surface area contributed by atoms with Gasteiger partial charge in [-0.25, -0.2) is 0 Å². The molecule has 0 saturated carbocycles. The Morgan fingerprint density at radius 1 is 1.43 bits per heavy atom. The van der Waals surface area contributed by atoms with E-state index in [1.807, 2.05) is 0 Å².